The average molecular weight is 656 g/mol. The van der Waals surface area contributed by atoms with Crippen LogP contribution in [0.2, 0.25) is 5.02 Å². The van der Waals surface area contributed by atoms with Crippen molar-refractivity contribution >= 4 is 27.4 Å². The van der Waals surface area contributed by atoms with E-state index >= 15 is 0 Å². The number of carbonyl (C=O) groups is 1. The highest BCUT2D eigenvalue weighted by atomic mass is 35.5. The molecule has 0 aromatic heterocycles. The van der Waals surface area contributed by atoms with Gasteiger partial charge in [-0.15, -0.1) is 0 Å². The van der Waals surface area contributed by atoms with E-state index in [4.69, 9.17) is 16.3 Å². The van der Waals surface area contributed by atoms with E-state index in [-0.39, 0.29) is 27.7 Å². The highest BCUT2D eigenvalue weighted by Gasteiger charge is 2.22. The van der Waals surface area contributed by atoms with Crippen LogP contribution in [-0.2, 0) is 29.4 Å². The zero-order valence-corrected chi connectivity index (χ0v) is 26.6. The van der Waals surface area contributed by atoms with Gasteiger partial charge in [-0.05, 0) is 71.1 Å². The predicted molar refractivity (Wildman–Crippen MR) is 178 cm³/mol. The molecule has 0 unspecified atom stereocenters. The van der Waals surface area contributed by atoms with Crippen molar-refractivity contribution in [3.8, 4) is 5.75 Å². The van der Waals surface area contributed by atoms with Crippen LogP contribution in [-0.4, -0.2) is 42.6 Å². The van der Waals surface area contributed by atoms with Crippen LogP contribution < -0.4 is 4.74 Å². The summed E-state index contributed by atoms with van der Waals surface area (Å²) in [4.78, 5) is 14.1. The van der Waals surface area contributed by atoms with E-state index in [0.29, 0.717) is 31.1 Å². The Morgan fingerprint density at radius 1 is 0.761 bits per heavy atom. The third-order valence-corrected chi connectivity index (χ3v) is 9.60. The molecule has 0 aliphatic heterocycles. The maximum atomic E-state index is 13.5. The first-order chi connectivity index (χ1) is 22.2. The monoisotopic (exact) mass is 655 g/mol. The number of hydrogen-bond acceptors (Lipinski definition) is 6. The maximum absolute atomic E-state index is 13.5. The maximum Gasteiger partial charge on any atom is 0.339 e. The summed E-state index contributed by atoms with van der Waals surface area (Å²) in [6.07, 6.45) is -0.118. The highest BCUT2D eigenvalue weighted by Crippen LogP contribution is 2.28. The van der Waals surface area contributed by atoms with Crippen LogP contribution in [0.1, 0.15) is 38.7 Å². The summed E-state index contributed by atoms with van der Waals surface area (Å²) >= 11 is 6.14. The van der Waals surface area contributed by atoms with Crippen LogP contribution in [0, 0.1) is 0 Å². The van der Waals surface area contributed by atoms with Gasteiger partial charge >= 0.3 is 5.97 Å². The Morgan fingerprint density at radius 3 is 2.07 bits per heavy atom. The Balaban J connectivity index is 1.28. The van der Waals surface area contributed by atoms with Crippen molar-refractivity contribution in [2.24, 2.45) is 0 Å². The Labute approximate surface area is 274 Å². The third kappa shape index (κ3) is 8.62. The SMILES string of the molecule is O=C(O)c1cc(S(=O)(=O)c2ccc(CCN(Cc3ccccc3)C[C@H](O)c3cccc(Cl)c3)cc2)ccc1OCc1ccccc1. The molecule has 0 heterocycles. The summed E-state index contributed by atoms with van der Waals surface area (Å²) < 4.78 is 32.7. The summed E-state index contributed by atoms with van der Waals surface area (Å²) in [5.41, 5.74) is 3.40. The second kappa shape index (κ2) is 15.2. The van der Waals surface area contributed by atoms with Crippen LogP contribution in [0.3, 0.4) is 0 Å². The summed E-state index contributed by atoms with van der Waals surface area (Å²) in [6, 6.07) is 36.9. The normalized spacial score (nSPS) is 12.2. The van der Waals surface area contributed by atoms with Crippen molar-refractivity contribution in [3.05, 3.63) is 160 Å². The highest BCUT2D eigenvalue weighted by molar-refractivity contribution is 7.91. The third-order valence-electron chi connectivity index (χ3n) is 7.59. The van der Waals surface area contributed by atoms with Gasteiger partial charge in [0.25, 0.3) is 0 Å². The molecule has 236 valence electrons. The first-order valence-corrected chi connectivity index (χ1v) is 16.6. The van der Waals surface area contributed by atoms with E-state index in [1.54, 1.807) is 24.3 Å². The van der Waals surface area contributed by atoms with E-state index in [9.17, 15) is 23.4 Å². The number of halogens is 1. The van der Waals surface area contributed by atoms with E-state index in [0.717, 1.165) is 28.3 Å². The molecule has 0 aliphatic carbocycles. The number of ether oxygens (including phenoxy) is 1. The van der Waals surface area contributed by atoms with E-state index < -0.39 is 21.9 Å². The van der Waals surface area contributed by atoms with Crippen molar-refractivity contribution in [2.45, 2.75) is 35.5 Å². The number of nitrogens with zero attached hydrogens (tertiary/aromatic N) is 1. The number of rotatable bonds is 14. The van der Waals surface area contributed by atoms with Crippen molar-refractivity contribution in [1.29, 1.82) is 0 Å². The minimum Gasteiger partial charge on any atom is -0.488 e. The number of carboxylic acid groups (broad SMARTS) is 1. The van der Waals surface area contributed by atoms with Gasteiger partial charge in [0.05, 0.1) is 15.9 Å². The lowest BCUT2D eigenvalue weighted by Crippen LogP contribution is -2.30. The standard InChI is InChI=1S/C37H34ClNO6S/c38-31-13-7-12-30(22-31)35(40)25-39(24-28-8-3-1-4-9-28)21-20-27-14-16-32(17-15-27)46(43,44)33-18-19-36(34(23-33)37(41)42)45-26-29-10-5-2-6-11-29/h1-19,22-23,35,40H,20-21,24-26H2,(H,41,42)/t35-/m0/s1. The average Bonchev–Trinajstić information content (AvgIpc) is 3.07. The molecule has 0 saturated carbocycles. The number of aliphatic hydroxyl groups is 1. The van der Waals surface area contributed by atoms with Gasteiger partial charge in [0.2, 0.25) is 9.84 Å². The Morgan fingerprint density at radius 2 is 1.41 bits per heavy atom. The largest absolute Gasteiger partial charge is 0.488 e. The fourth-order valence-corrected chi connectivity index (χ4v) is 6.59. The fourth-order valence-electron chi connectivity index (χ4n) is 5.10. The van der Waals surface area contributed by atoms with Gasteiger partial charge in [-0.2, -0.15) is 0 Å². The summed E-state index contributed by atoms with van der Waals surface area (Å²) in [7, 11) is -3.99. The fraction of sp³-hybridized carbons (Fsp3) is 0.162. The molecular formula is C37H34ClNO6S. The first kappa shape index (κ1) is 32.9. The lowest BCUT2D eigenvalue weighted by atomic mass is 10.1. The molecule has 0 bridgehead atoms. The van der Waals surface area contributed by atoms with Crippen molar-refractivity contribution in [2.75, 3.05) is 13.1 Å². The van der Waals surface area contributed by atoms with Gasteiger partial charge in [-0.3, -0.25) is 4.90 Å². The minimum atomic E-state index is -3.99. The van der Waals surface area contributed by atoms with E-state index in [1.807, 2.05) is 72.8 Å². The number of sulfone groups is 1. The van der Waals surface area contributed by atoms with Crippen molar-refractivity contribution in [1.82, 2.24) is 4.90 Å². The van der Waals surface area contributed by atoms with E-state index in [2.05, 4.69) is 4.90 Å². The molecule has 0 aliphatic rings. The number of hydrogen-bond donors (Lipinski definition) is 2. The summed E-state index contributed by atoms with van der Waals surface area (Å²) in [5.74, 6) is -1.19. The number of aromatic carboxylic acids is 1. The number of aliphatic hydroxyl groups excluding tert-OH is 1. The Hall–Kier alpha value is -4.47. The van der Waals surface area contributed by atoms with Gasteiger partial charge in [0, 0.05) is 24.7 Å². The molecule has 0 radical (unpaired) electrons. The van der Waals surface area contributed by atoms with Crippen LogP contribution in [0.25, 0.3) is 0 Å². The quantitative estimate of drug-likeness (QED) is 0.130. The second-order valence-corrected chi connectivity index (χ2v) is 13.3. The molecule has 0 spiro atoms. The van der Waals surface area contributed by atoms with Gasteiger partial charge in [-0.25, -0.2) is 13.2 Å². The number of benzene rings is 5. The predicted octanol–water partition coefficient (Wildman–Crippen LogP) is 7.23. The molecule has 0 saturated heterocycles. The first-order valence-electron chi connectivity index (χ1n) is 14.8. The molecule has 5 aromatic rings. The molecule has 5 aromatic carbocycles. The van der Waals surface area contributed by atoms with Crippen LogP contribution in [0.5, 0.6) is 5.75 Å². The zero-order valence-electron chi connectivity index (χ0n) is 25.0. The smallest absolute Gasteiger partial charge is 0.339 e. The van der Waals surface area contributed by atoms with Gasteiger partial charge < -0.3 is 14.9 Å². The molecule has 0 amide bonds. The molecular weight excluding hydrogens is 622 g/mol. The molecule has 9 heteroatoms. The molecule has 46 heavy (non-hydrogen) atoms. The second-order valence-electron chi connectivity index (χ2n) is 10.9. The van der Waals surface area contributed by atoms with Gasteiger partial charge in [0.1, 0.15) is 17.9 Å². The van der Waals surface area contributed by atoms with Crippen molar-refractivity contribution in [3.63, 3.8) is 0 Å². The Bertz CT molecular complexity index is 1870. The minimum absolute atomic E-state index is 0.0584. The summed E-state index contributed by atoms with van der Waals surface area (Å²) in [6.45, 7) is 1.78. The number of carboxylic acids is 1. The van der Waals surface area contributed by atoms with Gasteiger partial charge in [-0.1, -0.05) is 96.5 Å². The molecule has 1 atom stereocenters. The topological polar surface area (TPSA) is 104 Å². The van der Waals surface area contributed by atoms with Crippen LogP contribution >= 0.6 is 11.6 Å². The molecule has 5 rings (SSSR count). The molecule has 7 nitrogen and oxygen atoms in total. The molecule has 2 N–H and O–H groups in total. The molecule has 0 fully saturated rings. The van der Waals surface area contributed by atoms with Crippen LogP contribution in [0.15, 0.2) is 137 Å². The Kier molecular flexibility index (Phi) is 10.9. The van der Waals surface area contributed by atoms with Crippen molar-refractivity contribution < 1.29 is 28.2 Å². The lowest BCUT2D eigenvalue weighted by Gasteiger charge is -2.25. The van der Waals surface area contributed by atoms with Crippen LogP contribution in [0.4, 0.5) is 0 Å². The summed E-state index contributed by atoms with van der Waals surface area (Å²) in [5, 5.41) is 21.3. The van der Waals surface area contributed by atoms with Gasteiger partial charge in [0.15, 0.2) is 0 Å². The van der Waals surface area contributed by atoms with E-state index in [1.165, 1.54) is 24.3 Å². The zero-order chi connectivity index (χ0) is 32.5. The lowest BCUT2D eigenvalue weighted by molar-refractivity contribution is 0.0691.